The standard InChI is InChI=1S/C7H14O5S/c8-3-5(10)7(12)6(11)4(9)1-2-13/h5-8,10-13H,1-3H2. The van der Waals surface area contributed by atoms with E-state index in [1.165, 1.54) is 0 Å². The summed E-state index contributed by atoms with van der Waals surface area (Å²) >= 11 is 3.77. The van der Waals surface area contributed by atoms with Crippen LogP contribution < -0.4 is 0 Å². The van der Waals surface area contributed by atoms with Crippen LogP contribution in [0.5, 0.6) is 0 Å². The van der Waals surface area contributed by atoms with Crippen LogP contribution in [0.1, 0.15) is 6.42 Å². The predicted octanol–water partition coefficient (Wildman–Crippen LogP) is -2.05. The summed E-state index contributed by atoms with van der Waals surface area (Å²) in [6.45, 7) is -0.702. The molecule has 0 aromatic carbocycles. The van der Waals surface area contributed by atoms with Crippen LogP contribution in [0, 0.1) is 0 Å². The monoisotopic (exact) mass is 210 g/mol. The number of carbonyl (C=O) groups is 1. The van der Waals surface area contributed by atoms with Crippen LogP contribution in [0.25, 0.3) is 0 Å². The van der Waals surface area contributed by atoms with Gasteiger partial charge in [0.2, 0.25) is 0 Å². The van der Waals surface area contributed by atoms with E-state index in [0.717, 1.165) is 0 Å². The van der Waals surface area contributed by atoms with Crippen LogP contribution in [0.15, 0.2) is 0 Å². The molecule has 0 radical (unpaired) electrons. The molecule has 0 rings (SSSR count). The highest BCUT2D eigenvalue weighted by molar-refractivity contribution is 7.80. The summed E-state index contributed by atoms with van der Waals surface area (Å²) in [6, 6.07) is 0. The van der Waals surface area contributed by atoms with Crippen LogP contribution in [-0.2, 0) is 4.79 Å². The lowest BCUT2D eigenvalue weighted by Crippen LogP contribution is -2.43. The number of aliphatic hydroxyl groups is 4. The van der Waals surface area contributed by atoms with Gasteiger partial charge in [0.15, 0.2) is 5.78 Å². The van der Waals surface area contributed by atoms with E-state index in [1.54, 1.807) is 0 Å². The Morgan fingerprint density at radius 2 is 1.85 bits per heavy atom. The van der Waals surface area contributed by atoms with Crippen LogP contribution >= 0.6 is 12.6 Å². The zero-order chi connectivity index (χ0) is 10.4. The number of hydrogen-bond donors (Lipinski definition) is 5. The third kappa shape index (κ3) is 4.06. The highest BCUT2D eigenvalue weighted by Gasteiger charge is 2.28. The van der Waals surface area contributed by atoms with E-state index in [4.69, 9.17) is 20.4 Å². The lowest BCUT2D eigenvalue weighted by Gasteiger charge is -2.19. The number of aliphatic hydroxyl groups excluding tert-OH is 4. The fraction of sp³-hybridized carbons (Fsp3) is 0.857. The molecule has 0 bridgehead atoms. The van der Waals surface area contributed by atoms with Gasteiger partial charge in [0.05, 0.1) is 6.61 Å². The SMILES string of the molecule is O=C(CCS)C(O)C(O)C(O)CO. The highest BCUT2D eigenvalue weighted by Crippen LogP contribution is 2.03. The van der Waals surface area contributed by atoms with Gasteiger partial charge in [0, 0.05) is 6.42 Å². The topological polar surface area (TPSA) is 98.0 Å². The van der Waals surface area contributed by atoms with Crippen molar-refractivity contribution >= 4 is 18.4 Å². The largest absolute Gasteiger partial charge is 0.394 e. The molecule has 0 aromatic rings. The smallest absolute Gasteiger partial charge is 0.164 e. The molecule has 0 aromatic heterocycles. The maximum Gasteiger partial charge on any atom is 0.164 e. The summed E-state index contributed by atoms with van der Waals surface area (Å²) in [6.07, 6.45) is -4.79. The third-order valence-electron chi connectivity index (χ3n) is 1.59. The van der Waals surface area contributed by atoms with E-state index in [0.29, 0.717) is 0 Å². The minimum Gasteiger partial charge on any atom is -0.394 e. The van der Waals surface area contributed by atoms with Gasteiger partial charge in [-0.2, -0.15) is 12.6 Å². The summed E-state index contributed by atoms with van der Waals surface area (Å²) in [5.41, 5.74) is 0. The molecule has 0 aliphatic rings. The summed E-state index contributed by atoms with van der Waals surface area (Å²) in [4.78, 5) is 11.0. The fourth-order valence-electron chi connectivity index (χ4n) is 0.767. The molecule has 0 heterocycles. The second kappa shape index (κ2) is 6.33. The minimum atomic E-state index is -1.66. The highest BCUT2D eigenvalue weighted by atomic mass is 32.1. The molecule has 0 amide bonds. The lowest BCUT2D eigenvalue weighted by atomic mass is 10.0. The van der Waals surface area contributed by atoms with Gasteiger partial charge in [-0.15, -0.1) is 0 Å². The molecular formula is C7H14O5S. The van der Waals surface area contributed by atoms with Gasteiger partial charge < -0.3 is 20.4 Å². The van der Waals surface area contributed by atoms with Crippen molar-refractivity contribution in [3.63, 3.8) is 0 Å². The summed E-state index contributed by atoms with van der Waals surface area (Å²) < 4.78 is 0. The lowest BCUT2D eigenvalue weighted by molar-refractivity contribution is -0.139. The molecule has 6 heteroatoms. The molecule has 3 unspecified atom stereocenters. The number of rotatable bonds is 6. The second-order valence-electron chi connectivity index (χ2n) is 2.63. The molecule has 13 heavy (non-hydrogen) atoms. The Balaban J connectivity index is 4.07. The van der Waals surface area contributed by atoms with Crippen LogP contribution in [0.4, 0.5) is 0 Å². The Kier molecular flexibility index (Phi) is 6.27. The van der Waals surface area contributed by atoms with Crippen molar-refractivity contribution in [2.75, 3.05) is 12.4 Å². The first-order valence-corrected chi connectivity index (χ1v) is 4.46. The molecule has 0 saturated carbocycles. The van der Waals surface area contributed by atoms with Crippen molar-refractivity contribution in [2.24, 2.45) is 0 Å². The Labute approximate surface area is 81.4 Å². The Hall–Kier alpha value is -0.140. The normalized spacial score (nSPS) is 17.9. The van der Waals surface area contributed by atoms with Crippen LogP contribution in [0.2, 0.25) is 0 Å². The first kappa shape index (κ1) is 12.9. The van der Waals surface area contributed by atoms with E-state index in [9.17, 15) is 4.79 Å². The first-order valence-electron chi connectivity index (χ1n) is 3.83. The van der Waals surface area contributed by atoms with Gasteiger partial charge in [0.1, 0.15) is 18.3 Å². The first-order chi connectivity index (χ1) is 6.04. The molecule has 3 atom stereocenters. The van der Waals surface area contributed by atoms with Crippen molar-refractivity contribution in [1.82, 2.24) is 0 Å². The third-order valence-corrected chi connectivity index (χ3v) is 1.82. The van der Waals surface area contributed by atoms with Gasteiger partial charge in [-0.3, -0.25) is 4.79 Å². The Morgan fingerprint density at radius 1 is 1.31 bits per heavy atom. The quantitative estimate of drug-likeness (QED) is 0.325. The van der Waals surface area contributed by atoms with Crippen molar-refractivity contribution in [3.05, 3.63) is 0 Å². The second-order valence-corrected chi connectivity index (χ2v) is 3.07. The summed E-state index contributed by atoms with van der Waals surface area (Å²) in [7, 11) is 0. The zero-order valence-electron chi connectivity index (χ0n) is 7.00. The van der Waals surface area contributed by atoms with E-state index in [1.807, 2.05) is 0 Å². The predicted molar refractivity (Wildman–Crippen MR) is 48.6 cm³/mol. The molecule has 0 fully saturated rings. The maximum absolute atomic E-state index is 11.0. The molecule has 78 valence electrons. The van der Waals surface area contributed by atoms with Crippen molar-refractivity contribution in [1.29, 1.82) is 0 Å². The molecule has 4 N–H and O–H groups in total. The number of carbonyl (C=O) groups excluding carboxylic acids is 1. The molecule has 0 aliphatic heterocycles. The zero-order valence-corrected chi connectivity index (χ0v) is 7.89. The average molecular weight is 210 g/mol. The molecular weight excluding hydrogens is 196 g/mol. The van der Waals surface area contributed by atoms with Crippen molar-refractivity contribution < 1.29 is 25.2 Å². The van der Waals surface area contributed by atoms with Gasteiger partial charge >= 0.3 is 0 Å². The van der Waals surface area contributed by atoms with E-state index in [2.05, 4.69) is 12.6 Å². The van der Waals surface area contributed by atoms with Crippen molar-refractivity contribution in [3.8, 4) is 0 Å². The van der Waals surface area contributed by atoms with E-state index in [-0.39, 0.29) is 12.2 Å². The summed E-state index contributed by atoms with van der Waals surface area (Å²) in [5.74, 6) is -0.340. The van der Waals surface area contributed by atoms with Crippen molar-refractivity contribution in [2.45, 2.75) is 24.7 Å². The minimum absolute atomic E-state index is 0.0134. The summed E-state index contributed by atoms with van der Waals surface area (Å²) in [5, 5.41) is 35.5. The van der Waals surface area contributed by atoms with E-state index >= 15 is 0 Å². The van der Waals surface area contributed by atoms with Gasteiger partial charge in [0.25, 0.3) is 0 Å². The van der Waals surface area contributed by atoms with Crippen LogP contribution in [-0.4, -0.2) is 56.9 Å². The molecule has 0 spiro atoms. The average Bonchev–Trinajstić information content (AvgIpc) is 2.14. The van der Waals surface area contributed by atoms with E-state index < -0.39 is 30.7 Å². The Morgan fingerprint density at radius 3 is 2.23 bits per heavy atom. The molecule has 5 nitrogen and oxygen atoms in total. The number of hydrogen-bond acceptors (Lipinski definition) is 6. The van der Waals surface area contributed by atoms with Gasteiger partial charge in [-0.25, -0.2) is 0 Å². The van der Waals surface area contributed by atoms with Crippen LogP contribution in [0.3, 0.4) is 0 Å². The number of Topliss-reactive ketones (excluding diaryl/α,β-unsaturated/α-hetero) is 1. The Bertz CT molecular complexity index is 163. The molecule has 0 saturated heterocycles. The number of ketones is 1. The molecule has 0 aliphatic carbocycles. The number of thiol groups is 1. The van der Waals surface area contributed by atoms with Gasteiger partial charge in [-0.1, -0.05) is 0 Å². The van der Waals surface area contributed by atoms with Gasteiger partial charge in [-0.05, 0) is 5.75 Å². The fourth-order valence-corrected chi connectivity index (χ4v) is 0.987. The maximum atomic E-state index is 11.0.